The fraction of sp³-hybridized carbons (Fsp3) is 0.400. The van der Waals surface area contributed by atoms with Crippen molar-refractivity contribution in [3.05, 3.63) is 298 Å². The minimum absolute atomic E-state index is 0.133. The lowest BCUT2D eigenvalue weighted by Gasteiger charge is -2.25. The Morgan fingerprint density at radius 3 is 0.650 bits per heavy atom. The van der Waals surface area contributed by atoms with E-state index in [1.165, 1.54) is 55.6 Å². The smallest absolute Gasteiger partial charge is 0.122 e. The topological polar surface area (TPSA) is 204 Å². The van der Waals surface area contributed by atoms with E-state index in [0.717, 1.165) is 220 Å². The van der Waals surface area contributed by atoms with Gasteiger partial charge in [-0.05, 0) is 211 Å². The summed E-state index contributed by atoms with van der Waals surface area (Å²) < 4.78 is 73.3. The molecule has 0 amide bonds. The molecule has 640 valence electrons. The molecular formula is C100H127N7O13. The van der Waals surface area contributed by atoms with Crippen molar-refractivity contribution < 1.29 is 61.6 Å². The monoisotopic (exact) mass is 1630 g/mol. The molecule has 0 saturated carbocycles. The van der Waals surface area contributed by atoms with E-state index in [1.54, 1.807) is 35.5 Å². The van der Waals surface area contributed by atoms with Gasteiger partial charge in [0.25, 0.3) is 0 Å². The minimum atomic E-state index is 0.133. The second-order valence-corrected chi connectivity index (χ2v) is 30.1. The van der Waals surface area contributed by atoms with Gasteiger partial charge in [0.15, 0.2) is 0 Å². The van der Waals surface area contributed by atoms with Gasteiger partial charge in [-0.25, -0.2) is 0 Å². The molecule has 5 aliphatic rings. The van der Waals surface area contributed by atoms with Gasteiger partial charge in [-0.15, -0.1) is 0 Å². The van der Waals surface area contributed by atoms with Crippen LogP contribution < -0.4 is 84.6 Å². The molecule has 20 nitrogen and oxygen atoms in total. The van der Waals surface area contributed by atoms with Crippen LogP contribution in [0.5, 0.6) is 57.5 Å². The molecule has 15 rings (SSSR count). The van der Waals surface area contributed by atoms with Gasteiger partial charge in [0, 0.05) is 78.5 Å². The minimum Gasteiger partial charge on any atom is -0.497 e. The Kier molecular flexibility index (Phi) is 39.8. The molecular weight excluding hydrogens is 1510 g/mol. The number of nitrogens with one attached hydrogen (secondary N) is 7. The van der Waals surface area contributed by atoms with Crippen LogP contribution in [-0.2, 0) is 78.4 Å². The maximum Gasteiger partial charge on any atom is 0.122 e. The van der Waals surface area contributed by atoms with Crippen LogP contribution in [0, 0.1) is 0 Å². The summed E-state index contributed by atoms with van der Waals surface area (Å²) in [6.07, 6.45) is 10.1. The van der Waals surface area contributed by atoms with Crippen LogP contribution in [0.25, 0.3) is 0 Å². The van der Waals surface area contributed by atoms with Crippen molar-refractivity contribution in [2.45, 2.75) is 94.6 Å². The fourth-order valence-corrected chi connectivity index (χ4v) is 14.4. The van der Waals surface area contributed by atoms with Gasteiger partial charge in [-0.2, -0.15) is 0 Å². The first-order chi connectivity index (χ1) is 59.2. The highest BCUT2D eigenvalue weighted by atomic mass is 16.5. The average molecular weight is 1640 g/mol. The molecule has 0 aromatic heterocycles. The number of aryl methyl sites for hydroxylation is 10. The van der Waals surface area contributed by atoms with E-state index in [-0.39, 0.29) is 18.3 Å². The predicted molar refractivity (Wildman–Crippen MR) is 479 cm³/mol. The van der Waals surface area contributed by atoms with E-state index in [0.29, 0.717) is 45.1 Å². The average Bonchev–Trinajstić information content (AvgIpc) is 0.881. The van der Waals surface area contributed by atoms with Crippen LogP contribution in [-0.4, -0.2) is 197 Å². The number of morpholine rings is 3. The standard InChI is InChI=1S/2C20H26N2O2.3C20H25NO3/c2*1-23-19-10-7-16(8-11-19)6-9-17-4-2-3-5-20(17)24-15-18-14-21-12-13-22-18;3*1-22-18-10-7-16(8-11-18)6-9-17-4-2-3-5-20(17)24-15-19-14-21-12-13-23-19/h2*2-5,7-8,10-11,18,21-22H,6,9,12-15H2,1H3;3*2-5,7-8,10-11,19,21H,6,9,12-15H2,1H3/t18-;;2*19-;/m1.10./s1. The van der Waals surface area contributed by atoms with Crippen molar-refractivity contribution in [1.29, 1.82) is 0 Å². The third-order valence-corrected chi connectivity index (χ3v) is 21.5. The number of hydrogen-bond acceptors (Lipinski definition) is 20. The lowest BCUT2D eigenvalue weighted by atomic mass is 10.0. The highest BCUT2D eigenvalue weighted by molar-refractivity contribution is 5.41. The number of benzene rings is 10. The summed E-state index contributed by atoms with van der Waals surface area (Å²) in [4.78, 5) is 0. The molecule has 5 saturated heterocycles. The summed E-state index contributed by atoms with van der Waals surface area (Å²) in [5, 5.41) is 23.7. The number of piperazine rings is 2. The van der Waals surface area contributed by atoms with Gasteiger partial charge in [0.1, 0.15) is 109 Å². The van der Waals surface area contributed by atoms with Crippen LogP contribution in [0.2, 0.25) is 0 Å². The van der Waals surface area contributed by atoms with Crippen LogP contribution >= 0.6 is 0 Å². The molecule has 5 aliphatic heterocycles. The van der Waals surface area contributed by atoms with Gasteiger partial charge >= 0.3 is 0 Å². The van der Waals surface area contributed by atoms with Gasteiger partial charge < -0.3 is 98.8 Å². The zero-order valence-corrected chi connectivity index (χ0v) is 71.0. The third-order valence-electron chi connectivity index (χ3n) is 21.5. The Labute approximate surface area is 712 Å². The lowest BCUT2D eigenvalue weighted by molar-refractivity contribution is -0.0000189. The van der Waals surface area contributed by atoms with Gasteiger partial charge in [0.05, 0.1) is 67.5 Å². The molecule has 10 aromatic rings. The van der Waals surface area contributed by atoms with Crippen LogP contribution in [0.3, 0.4) is 0 Å². The highest BCUT2D eigenvalue weighted by Gasteiger charge is 2.21. The van der Waals surface area contributed by atoms with Crippen LogP contribution in [0.15, 0.2) is 243 Å². The van der Waals surface area contributed by atoms with Crippen molar-refractivity contribution in [2.75, 3.05) is 167 Å². The fourth-order valence-electron chi connectivity index (χ4n) is 14.4. The molecule has 5 fully saturated rings. The van der Waals surface area contributed by atoms with Gasteiger partial charge in [-0.3, -0.25) is 0 Å². The molecule has 120 heavy (non-hydrogen) atoms. The molecule has 7 N–H and O–H groups in total. The SMILES string of the molecule is COc1ccc(CCc2ccccc2OCC2CNCCN2)cc1.COc1ccc(CCc2ccccc2OCC2CNCCO2)cc1.COc1ccc(CCc2ccccc2OC[C@@H]2CNCCO2)cc1.COc1ccc(CCc2ccccc2OC[C@H]2CNCCN2)cc1.COc1ccc(CCc2ccccc2OC[C@H]2CNCCO2)cc1. The number of ether oxygens (including phenoxy) is 13. The summed E-state index contributed by atoms with van der Waals surface area (Å²) in [5.74, 6) is 9.35. The molecule has 0 radical (unpaired) electrons. The van der Waals surface area contributed by atoms with E-state index in [4.69, 9.17) is 61.6 Å². The molecule has 0 bridgehead atoms. The molecule has 5 atom stereocenters. The summed E-state index contributed by atoms with van der Waals surface area (Å²) in [6, 6.07) is 83.5. The second kappa shape index (κ2) is 52.8. The molecule has 10 aromatic carbocycles. The summed E-state index contributed by atoms with van der Waals surface area (Å²) in [5.41, 5.74) is 12.7. The Hall–Kier alpha value is -10.2. The molecule has 0 aliphatic carbocycles. The number of rotatable bonds is 35. The molecule has 5 heterocycles. The van der Waals surface area contributed by atoms with E-state index in [9.17, 15) is 0 Å². The maximum atomic E-state index is 6.08. The number of hydrogen-bond donors (Lipinski definition) is 7. The Bertz CT molecular complexity index is 3760. The second-order valence-electron chi connectivity index (χ2n) is 30.1. The summed E-state index contributed by atoms with van der Waals surface area (Å²) in [7, 11) is 8.45. The summed E-state index contributed by atoms with van der Waals surface area (Å²) in [6.45, 7) is 16.8. The van der Waals surface area contributed by atoms with Crippen LogP contribution in [0.1, 0.15) is 55.6 Å². The van der Waals surface area contributed by atoms with Crippen molar-refractivity contribution in [3.8, 4) is 57.5 Å². The van der Waals surface area contributed by atoms with Crippen molar-refractivity contribution in [2.24, 2.45) is 0 Å². The van der Waals surface area contributed by atoms with Crippen molar-refractivity contribution in [1.82, 2.24) is 37.2 Å². The Balaban J connectivity index is 0.000000147. The van der Waals surface area contributed by atoms with E-state index in [2.05, 4.69) is 171 Å². The van der Waals surface area contributed by atoms with Gasteiger partial charge in [0.2, 0.25) is 0 Å². The first-order valence-corrected chi connectivity index (χ1v) is 42.8. The normalized spacial score (nSPS) is 17.5. The van der Waals surface area contributed by atoms with Crippen molar-refractivity contribution >= 4 is 0 Å². The molecule has 20 heteroatoms. The number of methoxy groups -OCH3 is 5. The number of para-hydroxylation sites is 5. The first kappa shape index (κ1) is 90.6. The van der Waals surface area contributed by atoms with Crippen molar-refractivity contribution in [3.63, 3.8) is 0 Å². The highest BCUT2D eigenvalue weighted by Crippen LogP contribution is 2.28. The lowest BCUT2D eigenvalue weighted by Crippen LogP contribution is -2.51. The van der Waals surface area contributed by atoms with E-state index >= 15 is 0 Å². The first-order valence-electron chi connectivity index (χ1n) is 42.8. The predicted octanol–water partition coefficient (Wildman–Crippen LogP) is 13.4. The van der Waals surface area contributed by atoms with Gasteiger partial charge in [-0.1, -0.05) is 152 Å². The third kappa shape index (κ3) is 32.4. The zero-order chi connectivity index (χ0) is 83.1. The van der Waals surface area contributed by atoms with E-state index in [1.807, 2.05) is 109 Å². The molecule has 0 spiro atoms. The van der Waals surface area contributed by atoms with Crippen LogP contribution in [0.4, 0.5) is 0 Å². The molecule has 2 unspecified atom stereocenters. The largest absolute Gasteiger partial charge is 0.497 e. The zero-order valence-electron chi connectivity index (χ0n) is 71.0. The summed E-state index contributed by atoms with van der Waals surface area (Å²) >= 11 is 0. The Morgan fingerprint density at radius 2 is 0.450 bits per heavy atom. The van der Waals surface area contributed by atoms with E-state index < -0.39 is 0 Å². The quantitative estimate of drug-likeness (QED) is 0.0197. The Morgan fingerprint density at radius 1 is 0.233 bits per heavy atom. The maximum absolute atomic E-state index is 6.08.